The van der Waals surface area contributed by atoms with Crippen LogP contribution in [-0.4, -0.2) is 61.7 Å². The number of hydrogen-bond acceptors (Lipinski definition) is 5. The fourth-order valence-electron chi connectivity index (χ4n) is 2.34. The first kappa shape index (κ1) is 15.1. The molecule has 1 aromatic carbocycles. The fourth-order valence-corrected chi connectivity index (χ4v) is 2.34. The van der Waals surface area contributed by atoms with Crippen LogP contribution in [0.1, 0.15) is 10.4 Å². The number of methoxy groups -OCH3 is 1. The molecule has 0 radical (unpaired) electrons. The summed E-state index contributed by atoms with van der Waals surface area (Å²) in [6.07, 6.45) is 0. The van der Waals surface area contributed by atoms with Gasteiger partial charge in [-0.1, -0.05) is 0 Å². The van der Waals surface area contributed by atoms with Gasteiger partial charge in [0.25, 0.3) is 5.91 Å². The Labute approximate surface area is 122 Å². The first-order valence-electron chi connectivity index (χ1n) is 6.68. The predicted octanol–water partition coefficient (Wildman–Crippen LogP) is -0.439. The zero-order chi connectivity index (χ0) is 15.4. The van der Waals surface area contributed by atoms with E-state index in [1.165, 1.54) is 24.1 Å². The maximum absolute atomic E-state index is 12.5. The average molecular weight is 293 g/mol. The van der Waals surface area contributed by atoms with Crippen LogP contribution in [0.25, 0.3) is 0 Å². The monoisotopic (exact) mass is 293 g/mol. The minimum Gasteiger partial charge on any atom is -0.504 e. The molecule has 0 aromatic heterocycles. The van der Waals surface area contributed by atoms with Gasteiger partial charge in [0.2, 0.25) is 5.91 Å². The van der Waals surface area contributed by atoms with E-state index in [1.807, 2.05) is 0 Å². The van der Waals surface area contributed by atoms with Crippen LogP contribution in [0.4, 0.5) is 0 Å². The standard InChI is InChI=1S/C14H19N3O4/c1-15-13(19)10-8-16-5-6-17(10)14(20)9-3-4-12(21-2)11(18)7-9/h3-4,7,10,16,18H,5-6,8H2,1-2H3,(H,15,19). The number of phenolic OH excluding ortho intramolecular Hbond substituents is 1. The molecule has 114 valence electrons. The third kappa shape index (κ3) is 3.08. The summed E-state index contributed by atoms with van der Waals surface area (Å²) in [5.74, 6) is -0.305. The topological polar surface area (TPSA) is 90.9 Å². The number of piperazine rings is 1. The molecule has 1 fully saturated rings. The van der Waals surface area contributed by atoms with Crippen LogP contribution < -0.4 is 15.4 Å². The molecule has 1 aliphatic rings. The van der Waals surface area contributed by atoms with Crippen molar-refractivity contribution in [2.45, 2.75) is 6.04 Å². The number of aromatic hydroxyl groups is 1. The number of phenols is 1. The predicted molar refractivity (Wildman–Crippen MR) is 76.4 cm³/mol. The van der Waals surface area contributed by atoms with Gasteiger partial charge in [0.05, 0.1) is 7.11 Å². The van der Waals surface area contributed by atoms with E-state index in [2.05, 4.69) is 10.6 Å². The third-order valence-corrected chi connectivity index (χ3v) is 3.48. The van der Waals surface area contributed by atoms with E-state index < -0.39 is 6.04 Å². The number of ether oxygens (including phenoxy) is 1. The van der Waals surface area contributed by atoms with Gasteiger partial charge in [0.15, 0.2) is 11.5 Å². The second-order valence-corrected chi connectivity index (χ2v) is 4.72. The Morgan fingerprint density at radius 3 is 2.86 bits per heavy atom. The molecule has 2 amide bonds. The summed E-state index contributed by atoms with van der Waals surface area (Å²) in [7, 11) is 2.98. The van der Waals surface area contributed by atoms with Crippen LogP contribution >= 0.6 is 0 Å². The largest absolute Gasteiger partial charge is 0.504 e. The van der Waals surface area contributed by atoms with Crippen molar-refractivity contribution < 1.29 is 19.4 Å². The van der Waals surface area contributed by atoms with Crippen LogP contribution in [0, 0.1) is 0 Å². The third-order valence-electron chi connectivity index (χ3n) is 3.48. The van der Waals surface area contributed by atoms with E-state index in [0.29, 0.717) is 30.9 Å². The molecule has 0 aliphatic carbocycles. The Bertz CT molecular complexity index is 547. The van der Waals surface area contributed by atoms with Crippen molar-refractivity contribution in [1.29, 1.82) is 0 Å². The number of likely N-dealkylation sites (N-methyl/N-ethyl adjacent to an activating group) is 1. The van der Waals surface area contributed by atoms with Crippen LogP contribution in [0.2, 0.25) is 0 Å². The van der Waals surface area contributed by atoms with Crippen molar-refractivity contribution in [2.24, 2.45) is 0 Å². The van der Waals surface area contributed by atoms with Crippen LogP contribution in [0.15, 0.2) is 18.2 Å². The second kappa shape index (κ2) is 6.45. The number of rotatable bonds is 3. The smallest absolute Gasteiger partial charge is 0.254 e. The molecule has 2 rings (SSSR count). The molecule has 7 nitrogen and oxygen atoms in total. The highest BCUT2D eigenvalue weighted by Gasteiger charge is 2.32. The van der Waals surface area contributed by atoms with Gasteiger partial charge in [-0.2, -0.15) is 0 Å². The number of amides is 2. The molecule has 1 aliphatic heterocycles. The van der Waals surface area contributed by atoms with Crippen molar-refractivity contribution in [1.82, 2.24) is 15.5 Å². The summed E-state index contributed by atoms with van der Waals surface area (Å²) in [5.41, 5.74) is 0.323. The molecular weight excluding hydrogens is 274 g/mol. The maximum atomic E-state index is 12.5. The van der Waals surface area contributed by atoms with Crippen molar-refractivity contribution in [3.63, 3.8) is 0 Å². The summed E-state index contributed by atoms with van der Waals surface area (Å²) in [6, 6.07) is 3.90. The Kier molecular flexibility index (Phi) is 4.64. The van der Waals surface area contributed by atoms with Crippen LogP contribution in [-0.2, 0) is 4.79 Å². The highest BCUT2D eigenvalue weighted by Crippen LogP contribution is 2.27. The SMILES string of the molecule is CNC(=O)C1CNCCN1C(=O)c1ccc(OC)c(O)c1. The lowest BCUT2D eigenvalue weighted by molar-refractivity contribution is -0.125. The van der Waals surface area contributed by atoms with Gasteiger partial charge in [-0.05, 0) is 18.2 Å². The maximum Gasteiger partial charge on any atom is 0.254 e. The summed E-state index contributed by atoms with van der Waals surface area (Å²) in [5, 5.41) is 15.4. The molecule has 3 N–H and O–H groups in total. The molecular formula is C14H19N3O4. The normalized spacial score (nSPS) is 18.2. The molecule has 0 spiro atoms. The van der Waals surface area contributed by atoms with Crippen molar-refractivity contribution in [3.8, 4) is 11.5 Å². The molecule has 1 heterocycles. The summed E-state index contributed by atoms with van der Waals surface area (Å²) in [6.45, 7) is 1.47. The molecule has 21 heavy (non-hydrogen) atoms. The van der Waals surface area contributed by atoms with Crippen molar-refractivity contribution in [3.05, 3.63) is 23.8 Å². The molecule has 1 unspecified atom stereocenters. The van der Waals surface area contributed by atoms with Gasteiger partial charge < -0.3 is 25.4 Å². The van der Waals surface area contributed by atoms with E-state index >= 15 is 0 Å². The average Bonchev–Trinajstić information content (AvgIpc) is 2.53. The zero-order valence-corrected chi connectivity index (χ0v) is 12.0. The molecule has 1 aromatic rings. The fraction of sp³-hybridized carbons (Fsp3) is 0.429. The minimum absolute atomic E-state index is 0.102. The molecule has 0 saturated carbocycles. The molecule has 1 atom stereocenters. The lowest BCUT2D eigenvalue weighted by Gasteiger charge is -2.35. The number of hydrogen-bond donors (Lipinski definition) is 3. The first-order chi connectivity index (χ1) is 10.1. The highest BCUT2D eigenvalue weighted by atomic mass is 16.5. The van der Waals surface area contributed by atoms with E-state index in [1.54, 1.807) is 13.1 Å². The van der Waals surface area contributed by atoms with Gasteiger partial charge in [0.1, 0.15) is 6.04 Å². The molecule has 0 bridgehead atoms. The number of carbonyl (C=O) groups is 2. The first-order valence-corrected chi connectivity index (χ1v) is 6.68. The number of carbonyl (C=O) groups excluding carboxylic acids is 2. The quantitative estimate of drug-likeness (QED) is 0.703. The molecule has 1 saturated heterocycles. The highest BCUT2D eigenvalue weighted by molar-refractivity contribution is 5.98. The van der Waals surface area contributed by atoms with Crippen molar-refractivity contribution >= 4 is 11.8 Å². The van der Waals surface area contributed by atoms with E-state index in [9.17, 15) is 14.7 Å². The number of nitrogens with zero attached hydrogens (tertiary/aromatic N) is 1. The van der Waals surface area contributed by atoms with Gasteiger partial charge in [-0.3, -0.25) is 9.59 Å². The summed E-state index contributed by atoms with van der Waals surface area (Å²) < 4.78 is 4.95. The number of nitrogens with one attached hydrogen (secondary N) is 2. The summed E-state index contributed by atoms with van der Waals surface area (Å²) >= 11 is 0. The Morgan fingerprint density at radius 2 is 2.24 bits per heavy atom. The lowest BCUT2D eigenvalue weighted by atomic mass is 10.1. The Balaban J connectivity index is 2.24. The van der Waals surface area contributed by atoms with Crippen LogP contribution in [0.5, 0.6) is 11.5 Å². The Morgan fingerprint density at radius 1 is 1.48 bits per heavy atom. The number of benzene rings is 1. The zero-order valence-electron chi connectivity index (χ0n) is 12.0. The minimum atomic E-state index is -0.555. The van der Waals surface area contributed by atoms with E-state index in [-0.39, 0.29) is 17.6 Å². The van der Waals surface area contributed by atoms with Gasteiger partial charge >= 0.3 is 0 Å². The Hall–Kier alpha value is -2.28. The van der Waals surface area contributed by atoms with Gasteiger partial charge in [-0.25, -0.2) is 0 Å². The van der Waals surface area contributed by atoms with Gasteiger partial charge in [0, 0.05) is 32.2 Å². The molecule has 7 heteroatoms. The lowest BCUT2D eigenvalue weighted by Crippen LogP contribution is -2.59. The van der Waals surface area contributed by atoms with Crippen molar-refractivity contribution in [2.75, 3.05) is 33.8 Å². The van der Waals surface area contributed by atoms with E-state index in [4.69, 9.17) is 4.74 Å². The second-order valence-electron chi connectivity index (χ2n) is 4.72. The van der Waals surface area contributed by atoms with Crippen LogP contribution in [0.3, 0.4) is 0 Å². The van der Waals surface area contributed by atoms with Gasteiger partial charge in [-0.15, -0.1) is 0 Å². The summed E-state index contributed by atoms with van der Waals surface area (Å²) in [4.78, 5) is 25.9. The van der Waals surface area contributed by atoms with E-state index in [0.717, 1.165) is 0 Å².